The van der Waals surface area contributed by atoms with E-state index in [9.17, 15) is 22.4 Å². The predicted molar refractivity (Wildman–Crippen MR) is 83.4 cm³/mol. The summed E-state index contributed by atoms with van der Waals surface area (Å²) in [5.41, 5.74) is -0.726. The first-order valence-electron chi connectivity index (χ1n) is 7.20. The molecule has 0 radical (unpaired) electrons. The number of anilines is 1. The Bertz CT molecular complexity index is 701. The van der Waals surface area contributed by atoms with E-state index in [1.54, 1.807) is 0 Å². The van der Waals surface area contributed by atoms with Crippen LogP contribution in [0, 0.1) is 5.82 Å². The van der Waals surface area contributed by atoms with Gasteiger partial charge in [0.25, 0.3) is 5.91 Å². The van der Waals surface area contributed by atoms with E-state index in [1.165, 1.54) is 0 Å². The molecule has 0 saturated carbocycles. The highest BCUT2D eigenvalue weighted by Crippen LogP contribution is 2.31. The maximum atomic E-state index is 13.2. The van der Waals surface area contributed by atoms with Gasteiger partial charge in [0.1, 0.15) is 5.82 Å². The van der Waals surface area contributed by atoms with Gasteiger partial charge in [-0.2, -0.15) is 13.2 Å². The number of hydrogen-bond donors (Lipinski definition) is 1. The van der Waals surface area contributed by atoms with E-state index in [4.69, 9.17) is 0 Å². The molecule has 128 valence electrons. The van der Waals surface area contributed by atoms with Crippen LogP contribution in [-0.2, 0) is 6.18 Å². The average Bonchev–Trinajstić information content (AvgIpc) is 2.54. The van der Waals surface area contributed by atoms with Crippen molar-refractivity contribution in [3.63, 3.8) is 0 Å². The van der Waals surface area contributed by atoms with Crippen molar-refractivity contribution in [1.82, 2.24) is 5.32 Å². The fourth-order valence-corrected chi connectivity index (χ4v) is 2.13. The summed E-state index contributed by atoms with van der Waals surface area (Å²) in [6, 6.07) is 11.6. The summed E-state index contributed by atoms with van der Waals surface area (Å²) in [5, 5.41) is 2.53. The minimum atomic E-state index is -4.84. The van der Waals surface area contributed by atoms with E-state index in [0.717, 1.165) is 11.8 Å². The van der Waals surface area contributed by atoms with Crippen LogP contribution in [0.1, 0.15) is 15.9 Å². The van der Waals surface area contributed by atoms with Crippen LogP contribution >= 0.6 is 0 Å². The largest absolute Gasteiger partial charge is 0.419 e. The fourth-order valence-electron chi connectivity index (χ4n) is 2.13. The van der Waals surface area contributed by atoms with Gasteiger partial charge in [-0.05, 0) is 30.3 Å². The number of para-hydroxylation sites is 1. The zero-order valence-electron chi connectivity index (χ0n) is 12.9. The van der Waals surface area contributed by atoms with Gasteiger partial charge < -0.3 is 10.2 Å². The second-order valence-corrected chi connectivity index (χ2v) is 5.21. The summed E-state index contributed by atoms with van der Waals surface area (Å²) in [4.78, 5) is 13.8. The molecule has 2 aromatic carbocycles. The quantitative estimate of drug-likeness (QED) is 0.842. The first-order valence-corrected chi connectivity index (χ1v) is 7.20. The Morgan fingerprint density at radius 1 is 1.12 bits per heavy atom. The maximum Gasteiger partial charge on any atom is 0.419 e. The SMILES string of the molecule is CN(CCNC(=O)c1ccc(F)c(C(F)(F)F)c1)c1ccccc1. The molecule has 3 nitrogen and oxygen atoms in total. The van der Waals surface area contributed by atoms with Crippen molar-refractivity contribution in [2.45, 2.75) is 6.18 Å². The Morgan fingerprint density at radius 2 is 1.79 bits per heavy atom. The second kappa shape index (κ2) is 7.33. The minimum Gasteiger partial charge on any atom is -0.373 e. The van der Waals surface area contributed by atoms with E-state index in [2.05, 4.69) is 5.32 Å². The van der Waals surface area contributed by atoms with E-state index < -0.39 is 23.5 Å². The van der Waals surface area contributed by atoms with Gasteiger partial charge in [0.05, 0.1) is 5.56 Å². The number of nitrogens with zero attached hydrogens (tertiary/aromatic N) is 1. The van der Waals surface area contributed by atoms with Crippen molar-refractivity contribution in [1.29, 1.82) is 0 Å². The summed E-state index contributed by atoms with van der Waals surface area (Å²) in [6.45, 7) is 0.714. The van der Waals surface area contributed by atoms with Crippen molar-refractivity contribution in [2.24, 2.45) is 0 Å². The van der Waals surface area contributed by atoms with Crippen LogP contribution in [0.2, 0.25) is 0 Å². The fraction of sp³-hybridized carbons (Fsp3) is 0.235. The number of nitrogens with one attached hydrogen (secondary N) is 1. The normalized spacial score (nSPS) is 11.2. The second-order valence-electron chi connectivity index (χ2n) is 5.21. The molecule has 0 saturated heterocycles. The number of carbonyl (C=O) groups excluding carboxylic acids is 1. The third-order valence-corrected chi connectivity index (χ3v) is 3.46. The Kier molecular flexibility index (Phi) is 5.43. The molecule has 0 unspecified atom stereocenters. The molecule has 24 heavy (non-hydrogen) atoms. The number of carbonyl (C=O) groups is 1. The van der Waals surface area contributed by atoms with Crippen molar-refractivity contribution in [2.75, 3.05) is 25.0 Å². The Labute approximate surface area is 136 Å². The molecule has 2 rings (SSSR count). The lowest BCUT2D eigenvalue weighted by Crippen LogP contribution is -2.33. The molecular weight excluding hydrogens is 324 g/mol. The number of alkyl halides is 3. The molecule has 1 N–H and O–H groups in total. The molecule has 0 aliphatic heterocycles. The maximum absolute atomic E-state index is 13.2. The molecule has 0 atom stereocenters. The van der Waals surface area contributed by atoms with E-state index in [-0.39, 0.29) is 12.1 Å². The molecule has 0 aromatic heterocycles. The molecule has 0 heterocycles. The number of benzene rings is 2. The van der Waals surface area contributed by atoms with Gasteiger partial charge in [0.2, 0.25) is 0 Å². The Morgan fingerprint density at radius 3 is 2.42 bits per heavy atom. The lowest BCUT2D eigenvalue weighted by atomic mass is 10.1. The number of rotatable bonds is 5. The summed E-state index contributed by atoms with van der Waals surface area (Å²) in [6.07, 6.45) is -4.84. The highest BCUT2D eigenvalue weighted by Gasteiger charge is 2.34. The van der Waals surface area contributed by atoms with Crippen molar-refractivity contribution >= 4 is 11.6 Å². The van der Waals surface area contributed by atoms with E-state index in [1.807, 2.05) is 42.3 Å². The molecule has 2 aromatic rings. The summed E-state index contributed by atoms with van der Waals surface area (Å²) in [7, 11) is 1.83. The van der Waals surface area contributed by atoms with Gasteiger partial charge in [0, 0.05) is 31.4 Å². The lowest BCUT2D eigenvalue weighted by molar-refractivity contribution is -0.140. The van der Waals surface area contributed by atoms with Crippen LogP contribution in [0.5, 0.6) is 0 Å². The highest BCUT2D eigenvalue weighted by molar-refractivity contribution is 5.94. The van der Waals surface area contributed by atoms with Crippen molar-refractivity contribution in [3.05, 3.63) is 65.5 Å². The molecule has 0 aliphatic carbocycles. The summed E-state index contributed by atoms with van der Waals surface area (Å²) in [5.74, 6) is -2.08. The standard InChI is InChI=1S/C17H16F4N2O/c1-23(13-5-3-2-4-6-13)10-9-22-16(24)12-7-8-15(18)14(11-12)17(19,20)21/h2-8,11H,9-10H2,1H3,(H,22,24). The molecular formula is C17H16F4N2O. The third-order valence-electron chi connectivity index (χ3n) is 3.46. The minimum absolute atomic E-state index is 0.230. The van der Waals surface area contributed by atoms with Crippen LogP contribution in [0.4, 0.5) is 23.2 Å². The van der Waals surface area contributed by atoms with Crippen LogP contribution in [0.3, 0.4) is 0 Å². The average molecular weight is 340 g/mol. The zero-order valence-corrected chi connectivity index (χ0v) is 12.9. The zero-order chi connectivity index (χ0) is 17.7. The van der Waals surface area contributed by atoms with E-state index in [0.29, 0.717) is 18.7 Å². The first-order chi connectivity index (χ1) is 11.3. The molecule has 0 spiro atoms. The lowest BCUT2D eigenvalue weighted by Gasteiger charge is -2.19. The number of hydrogen-bond acceptors (Lipinski definition) is 2. The number of likely N-dealkylation sites (N-methyl/N-ethyl adjacent to an activating group) is 1. The summed E-state index contributed by atoms with van der Waals surface area (Å²) >= 11 is 0. The van der Waals surface area contributed by atoms with Gasteiger partial charge in [-0.15, -0.1) is 0 Å². The van der Waals surface area contributed by atoms with Crippen LogP contribution in [0.25, 0.3) is 0 Å². The molecule has 0 aliphatic rings. The predicted octanol–water partition coefficient (Wildman–Crippen LogP) is 3.71. The van der Waals surface area contributed by atoms with Crippen LogP contribution in [-0.4, -0.2) is 26.0 Å². The van der Waals surface area contributed by atoms with Crippen LogP contribution in [0.15, 0.2) is 48.5 Å². The third kappa shape index (κ3) is 4.47. The first kappa shape index (κ1) is 17.8. The molecule has 0 fully saturated rings. The highest BCUT2D eigenvalue weighted by atomic mass is 19.4. The molecule has 7 heteroatoms. The number of amides is 1. The topological polar surface area (TPSA) is 32.3 Å². The summed E-state index contributed by atoms with van der Waals surface area (Å²) < 4.78 is 51.2. The monoisotopic (exact) mass is 340 g/mol. The van der Waals surface area contributed by atoms with Gasteiger partial charge in [-0.1, -0.05) is 18.2 Å². The van der Waals surface area contributed by atoms with E-state index >= 15 is 0 Å². The van der Waals surface area contributed by atoms with Gasteiger partial charge in [-0.25, -0.2) is 4.39 Å². The van der Waals surface area contributed by atoms with Gasteiger partial charge >= 0.3 is 6.18 Å². The van der Waals surface area contributed by atoms with Gasteiger partial charge in [0.15, 0.2) is 0 Å². The Hall–Kier alpha value is -2.57. The number of halogens is 4. The van der Waals surface area contributed by atoms with Crippen molar-refractivity contribution < 1.29 is 22.4 Å². The Balaban J connectivity index is 1.96. The van der Waals surface area contributed by atoms with Crippen molar-refractivity contribution in [3.8, 4) is 0 Å². The molecule has 1 amide bonds. The van der Waals surface area contributed by atoms with Crippen LogP contribution < -0.4 is 10.2 Å². The van der Waals surface area contributed by atoms with Gasteiger partial charge in [-0.3, -0.25) is 4.79 Å². The molecule has 0 bridgehead atoms. The smallest absolute Gasteiger partial charge is 0.373 e.